The average molecular weight is 435 g/mol. The van der Waals surface area contributed by atoms with E-state index in [0.717, 1.165) is 17.4 Å². The third-order valence-electron chi connectivity index (χ3n) is 5.34. The number of para-hydroxylation sites is 1. The molecular weight excluding hydrogens is 417 g/mol. The predicted molar refractivity (Wildman–Crippen MR) is 106 cm³/mol. The molecule has 1 amide bonds. The van der Waals surface area contributed by atoms with Gasteiger partial charge in [0, 0.05) is 12.5 Å². The molecule has 4 rings (SSSR count). The van der Waals surface area contributed by atoms with E-state index in [-0.39, 0.29) is 11.6 Å². The first-order valence-corrected chi connectivity index (χ1v) is 9.76. The number of benzene rings is 2. The summed E-state index contributed by atoms with van der Waals surface area (Å²) in [5.74, 6) is -0.564. The highest BCUT2D eigenvalue weighted by atomic mass is 35.5. The van der Waals surface area contributed by atoms with Gasteiger partial charge in [0.05, 0.1) is 33.6 Å². The van der Waals surface area contributed by atoms with Gasteiger partial charge in [-0.05, 0) is 38.1 Å². The summed E-state index contributed by atoms with van der Waals surface area (Å²) in [6.07, 6.45) is -4.18. The van der Waals surface area contributed by atoms with Gasteiger partial charge >= 0.3 is 6.18 Å². The van der Waals surface area contributed by atoms with Gasteiger partial charge in [0.25, 0.3) is 5.91 Å². The zero-order valence-electron chi connectivity index (χ0n) is 16.2. The number of aromatic nitrogens is 3. The number of carbonyl (C=O) groups excluding carboxylic acids is 1. The quantitative estimate of drug-likeness (QED) is 0.564. The lowest BCUT2D eigenvalue weighted by atomic mass is 9.96. The number of hydrogen-bond donors (Lipinski definition) is 0. The minimum Gasteiger partial charge on any atom is -0.327 e. The molecule has 1 aromatic heterocycles. The molecule has 0 bridgehead atoms. The van der Waals surface area contributed by atoms with E-state index in [9.17, 15) is 18.0 Å². The number of nitrogens with zero attached hydrogens (tertiary/aromatic N) is 4. The SMILES string of the molecule is C[C@@H]1c2nnn(-c3ccccc3)c2C[C@H](C)N1C(=O)c1cccc(C(F)(F)F)c1Cl. The van der Waals surface area contributed by atoms with Crippen LogP contribution in [0.5, 0.6) is 0 Å². The molecule has 1 aliphatic heterocycles. The van der Waals surface area contributed by atoms with Crippen LogP contribution in [0.2, 0.25) is 5.02 Å². The average Bonchev–Trinajstić information content (AvgIpc) is 3.11. The molecule has 0 radical (unpaired) electrons. The summed E-state index contributed by atoms with van der Waals surface area (Å²) in [5, 5.41) is 7.91. The molecule has 30 heavy (non-hydrogen) atoms. The Morgan fingerprint density at radius 2 is 1.80 bits per heavy atom. The van der Waals surface area contributed by atoms with E-state index in [0.29, 0.717) is 12.1 Å². The fraction of sp³-hybridized carbons (Fsp3) is 0.286. The van der Waals surface area contributed by atoms with Gasteiger partial charge < -0.3 is 4.90 Å². The molecule has 5 nitrogen and oxygen atoms in total. The van der Waals surface area contributed by atoms with E-state index in [1.54, 1.807) is 11.6 Å². The predicted octanol–water partition coefficient (Wildman–Crippen LogP) is 5.09. The Balaban J connectivity index is 1.72. The molecule has 3 aromatic rings. The number of alkyl halides is 3. The standard InChI is InChI=1S/C21H18ClF3N4O/c1-12-11-17-19(26-27-29(17)14-7-4-3-5-8-14)13(2)28(12)20(30)15-9-6-10-16(18(15)22)21(23,24)25/h3-10,12-13H,11H2,1-2H3/t12-,13+/m0/s1. The summed E-state index contributed by atoms with van der Waals surface area (Å²) in [5.41, 5.74) is 1.15. The topological polar surface area (TPSA) is 51.0 Å². The zero-order chi connectivity index (χ0) is 21.6. The van der Waals surface area contributed by atoms with Crippen molar-refractivity contribution >= 4 is 17.5 Å². The maximum Gasteiger partial charge on any atom is 0.417 e. The molecule has 2 aromatic carbocycles. The van der Waals surface area contributed by atoms with Crippen molar-refractivity contribution in [1.29, 1.82) is 0 Å². The normalized spacial score (nSPS) is 18.9. The Morgan fingerprint density at radius 1 is 1.10 bits per heavy atom. The maximum atomic E-state index is 13.2. The number of amides is 1. The smallest absolute Gasteiger partial charge is 0.327 e. The van der Waals surface area contributed by atoms with Crippen molar-refractivity contribution in [3.63, 3.8) is 0 Å². The second-order valence-electron chi connectivity index (χ2n) is 7.28. The summed E-state index contributed by atoms with van der Waals surface area (Å²) in [6.45, 7) is 3.64. The second kappa shape index (κ2) is 7.43. The Hall–Kier alpha value is -2.87. The van der Waals surface area contributed by atoms with Crippen molar-refractivity contribution in [1.82, 2.24) is 19.9 Å². The Labute approximate surface area is 176 Å². The summed E-state index contributed by atoms with van der Waals surface area (Å²) in [6, 6.07) is 12.1. The van der Waals surface area contributed by atoms with Crippen LogP contribution in [-0.4, -0.2) is 31.8 Å². The van der Waals surface area contributed by atoms with Crippen LogP contribution in [0.15, 0.2) is 48.5 Å². The molecule has 0 saturated carbocycles. The van der Waals surface area contributed by atoms with E-state index in [2.05, 4.69) is 10.3 Å². The van der Waals surface area contributed by atoms with Crippen LogP contribution in [-0.2, 0) is 12.6 Å². The highest BCUT2D eigenvalue weighted by molar-refractivity contribution is 6.34. The Morgan fingerprint density at radius 3 is 2.47 bits per heavy atom. The van der Waals surface area contributed by atoms with Crippen LogP contribution in [0.3, 0.4) is 0 Å². The lowest BCUT2D eigenvalue weighted by Gasteiger charge is -2.38. The summed E-state index contributed by atoms with van der Waals surface area (Å²) in [4.78, 5) is 14.7. The number of fused-ring (bicyclic) bond motifs is 1. The number of rotatable bonds is 2. The van der Waals surface area contributed by atoms with Crippen molar-refractivity contribution in [2.75, 3.05) is 0 Å². The first-order valence-electron chi connectivity index (χ1n) is 9.38. The molecular formula is C21H18ClF3N4O. The fourth-order valence-corrected chi connectivity index (χ4v) is 4.24. The van der Waals surface area contributed by atoms with Crippen molar-refractivity contribution in [3.05, 3.63) is 76.1 Å². The zero-order valence-corrected chi connectivity index (χ0v) is 16.9. The third kappa shape index (κ3) is 3.35. The second-order valence-corrected chi connectivity index (χ2v) is 7.65. The third-order valence-corrected chi connectivity index (χ3v) is 5.75. The lowest BCUT2D eigenvalue weighted by Crippen LogP contribution is -2.45. The molecule has 0 aliphatic carbocycles. The summed E-state index contributed by atoms with van der Waals surface area (Å²) < 4.78 is 41.4. The van der Waals surface area contributed by atoms with E-state index >= 15 is 0 Å². The Bertz CT molecular complexity index is 1100. The first-order chi connectivity index (χ1) is 14.2. The van der Waals surface area contributed by atoms with Gasteiger partial charge in [-0.15, -0.1) is 5.10 Å². The number of halogens is 4. The minimum absolute atomic E-state index is 0.177. The van der Waals surface area contributed by atoms with Crippen LogP contribution in [0.25, 0.3) is 5.69 Å². The van der Waals surface area contributed by atoms with Gasteiger partial charge in [-0.2, -0.15) is 13.2 Å². The van der Waals surface area contributed by atoms with Gasteiger partial charge in [0.15, 0.2) is 0 Å². The largest absolute Gasteiger partial charge is 0.417 e. The van der Waals surface area contributed by atoms with Crippen molar-refractivity contribution < 1.29 is 18.0 Å². The van der Waals surface area contributed by atoms with E-state index in [1.807, 2.05) is 37.3 Å². The highest BCUT2D eigenvalue weighted by Gasteiger charge is 2.40. The first kappa shape index (κ1) is 20.4. The molecule has 0 unspecified atom stereocenters. The van der Waals surface area contributed by atoms with Crippen LogP contribution in [0.4, 0.5) is 13.2 Å². The molecule has 0 spiro atoms. The van der Waals surface area contributed by atoms with Crippen molar-refractivity contribution in [2.24, 2.45) is 0 Å². The molecule has 2 heterocycles. The van der Waals surface area contributed by atoms with Crippen LogP contribution in [0, 0.1) is 0 Å². The van der Waals surface area contributed by atoms with Crippen molar-refractivity contribution in [3.8, 4) is 5.69 Å². The monoisotopic (exact) mass is 434 g/mol. The lowest BCUT2D eigenvalue weighted by molar-refractivity contribution is -0.137. The van der Waals surface area contributed by atoms with Crippen LogP contribution >= 0.6 is 11.6 Å². The minimum atomic E-state index is -4.64. The van der Waals surface area contributed by atoms with Crippen LogP contribution in [0.1, 0.15) is 47.2 Å². The molecule has 0 saturated heterocycles. The molecule has 2 atom stereocenters. The van der Waals surface area contributed by atoms with Gasteiger partial charge in [-0.1, -0.05) is 41.1 Å². The molecule has 0 fully saturated rings. The fourth-order valence-electron chi connectivity index (χ4n) is 3.93. The molecule has 9 heteroatoms. The molecule has 156 valence electrons. The number of carbonyl (C=O) groups is 1. The van der Waals surface area contributed by atoms with E-state index < -0.39 is 28.7 Å². The summed E-state index contributed by atoms with van der Waals surface area (Å²) in [7, 11) is 0. The van der Waals surface area contributed by atoms with Crippen molar-refractivity contribution in [2.45, 2.75) is 38.5 Å². The van der Waals surface area contributed by atoms with E-state index in [4.69, 9.17) is 11.6 Å². The van der Waals surface area contributed by atoms with Gasteiger partial charge in [-0.3, -0.25) is 4.79 Å². The van der Waals surface area contributed by atoms with Gasteiger partial charge in [0.1, 0.15) is 5.69 Å². The van der Waals surface area contributed by atoms with Gasteiger partial charge in [0.2, 0.25) is 0 Å². The highest BCUT2D eigenvalue weighted by Crippen LogP contribution is 2.39. The number of hydrogen-bond acceptors (Lipinski definition) is 3. The molecule has 0 N–H and O–H groups in total. The maximum absolute atomic E-state index is 13.2. The van der Waals surface area contributed by atoms with Crippen LogP contribution < -0.4 is 0 Å². The summed E-state index contributed by atoms with van der Waals surface area (Å²) >= 11 is 5.99. The Kier molecular flexibility index (Phi) is 5.05. The molecule has 1 aliphatic rings. The van der Waals surface area contributed by atoms with Gasteiger partial charge in [-0.25, -0.2) is 4.68 Å². The van der Waals surface area contributed by atoms with E-state index in [1.165, 1.54) is 17.0 Å².